The van der Waals surface area contributed by atoms with E-state index in [9.17, 15) is 13.2 Å². The van der Waals surface area contributed by atoms with Crippen LogP contribution in [-0.2, 0) is 12.6 Å². The zero-order valence-electron chi connectivity index (χ0n) is 11.5. The highest BCUT2D eigenvalue weighted by atomic mass is 79.9. The minimum Gasteiger partial charge on any atom is -0.381 e. The largest absolute Gasteiger partial charge is 0.416 e. The average molecular weight is 363 g/mol. The van der Waals surface area contributed by atoms with Gasteiger partial charge in [0.2, 0.25) is 0 Å². The van der Waals surface area contributed by atoms with Crippen molar-refractivity contribution in [3.8, 4) is 11.3 Å². The Morgan fingerprint density at radius 1 is 1.33 bits per heavy atom. The van der Waals surface area contributed by atoms with Gasteiger partial charge in [-0.25, -0.2) is 0 Å². The molecule has 1 aromatic heterocycles. The van der Waals surface area contributed by atoms with Crippen molar-refractivity contribution in [2.75, 3.05) is 5.73 Å². The molecule has 2 N–H and O–H groups in total. The second-order valence-corrected chi connectivity index (χ2v) is 6.02. The van der Waals surface area contributed by atoms with Crippen molar-refractivity contribution >= 4 is 21.7 Å². The molecule has 0 amide bonds. The van der Waals surface area contributed by atoms with Gasteiger partial charge in [0, 0.05) is 15.6 Å². The molecule has 114 valence electrons. The van der Waals surface area contributed by atoms with Crippen molar-refractivity contribution in [3.05, 3.63) is 33.8 Å². The molecule has 0 bridgehead atoms. The summed E-state index contributed by atoms with van der Waals surface area (Å²) in [5.41, 5.74) is 5.94. The van der Waals surface area contributed by atoms with Crippen LogP contribution in [0.1, 0.15) is 25.0 Å². The zero-order chi connectivity index (χ0) is 15.8. The lowest BCUT2D eigenvalue weighted by Gasteiger charge is -2.10. The van der Waals surface area contributed by atoms with E-state index in [1.807, 2.05) is 13.8 Å². The molecule has 21 heavy (non-hydrogen) atoms. The molecule has 0 aliphatic rings. The van der Waals surface area contributed by atoms with Gasteiger partial charge in [0.05, 0.1) is 5.56 Å². The van der Waals surface area contributed by atoms with Crippen molar-refractivity contribution in [1.82, 2.24) is 5.16 Å². The number of nitrogens with two attached hydrogens (primary N) is 1. The van der Waals surface area contributed by atoms with Gasteiger partial charge in [-0.2, -0.15) is 13.2 Å². The van der Waals surface area contributed by atoms with Crippen molar-refractivity contribution < 1.29 is 17.7 Å². The number of benzene rings is 1. The second-order valence-electron chi connectivity index (χ2n) is 5.17. The Labute approximate surface area is 128 Å². The van der Waals surface area contributed by atoms with E-state index >= 15 is 0 Å². The quantitative estimate of drug-likeness (QED) is 0.844. The van der Waals surface area contributed by atoms with Gasteiger partial charge in [-0.3, -0.25) is 0 Å². The molecule has 0 aliphatic heterocycles. The summed E-state index contributed by atoms with van der Waals surface area (Å²) in [5.74, 6) is 0.761. The highest BCUT2D eigenvalue weighted by molar-refractivity contribution is 9.10. The van der Waals surface area contributed by atoms with Crippen molar-refractivity contribution in [2.45, 2.75) is 26.4 Å². The molecule has 3 nitrogen and oxygen atoms in total. The van der Waals surface area contributed by atoms with Gasteiger partial charge in [0.1, 0.15) is 0 Å². The minimum absolute atomic E-state index is 0.211. The first-order chi connectivity index (χ1) is 9.70. The summed E-state index contributed by atoms with van der Waals surface area (Å²) in [6, 6.07) is 3.39. The summed E-state index contributed by atoms with van der Waals surface area (Å²) in [5, 5.41) is 3.68. The number of hydrogen-bond acceptors (Lipinski definition) is 3. The predicted octanol–water partition coefficient (Wildman–Crippen LogP) is 4.90. The smallest absolute Gasteiger partial charge is 0.381 e. The van der Waals surface area contributed by atoms with Crippen molar-refractivity contribution in [1.29, 1.82) is 0 Å². The summed E-state index contributed by atoms with van der Waals surface area (Å²) in [6.07, 6.45) is -3.84. The number of aromatic nitrogens is 1. The van der Waals surface area contributed by atoms with E-state index in [-0.39, 0.29) is 17.5 Å². The molecule has 2 aromatic rings. The number of anilines is 1. The van der Waals surface area contributed by atoms with E-state index in [1.54, 1.807) is 0 Å². The SMILES string of the molecule is CC(C)Cc1c(N)noc1-c1cc(C(F)(F)F)ccc1Br. The van der Waals surface area contributed by atoms with Crippen LogP contribution in [0.3, 0.4) is 0 Å². The predicted molar refractivity (Wildman–Crippen MR) is 77.6 cm³/mol. The molecule has 0 spiro atoms. The van der Waals surface area contributed by atoms with Crippen LogP contribution in [0.15, 0.2) is 27.2 Å². The Morgan fingerprint density at radius 3 is 2.57 bits per heavy atom. The highest BCUT2D eigenvalue weighted by Crippen LogP contribution is 2.38. The maximum Gasteiger partial charge on any atom is 0.416 e. The van der Waals surface area contributed by atoms with E-state index in [1.165, 1.54) is 6.07 Å². The Morgan fingerprint density at radius 2 is 2.00 bits per heavy atom. The van der Waals surface area contributed by atoms with Crippen LogP contribution in [0.5, 0.6) is 0 Å². The Balaban J connectivity index is 2.57. The summed E-state index contributed by atoms with van der Waals surface area (Å²) < 4.78 is 44.2. The average Bonchev–Trinajstić information content (AvgIpc) is 2.70. The molecule has 0 saturated heterocycles. The number of alkyl halides is 3. The Kier molecular flexibility index (Phi) is 4.32. The Bertz CT molecular complexity index is 650. The molecule has 0 atom stereocenters. The molecular formula is C14H14BrF3N2O. The minimum atomic E-state index is -4.42. The molecule has 0 unspecified atom stereocenters. The van der Waals surface area contributed by atoms with E-state index in [0.29, 0.717) is 22.0 Å². The highest BCUT2D eigenvalue weighted by Gasteiger charge is 2.32. The standard InChI is InChI=1S/C14H14BrF3N2O/c1-7(2)5-10-12(21-20-13(10)19)9-6-8(14(16,17)18)3-4-11(9)15/h3-4,6-7H,5H2,1-2H3,(H2,19,20). The third-order valence-electron chi connectivity index (χ3n) is 2.97. The summed E-state index contributed by atoms with van der Waals surface area (Å²) in [7, 11) is 0. The molecule has 1 aromatic carbocycles. The van der Waals surface area contributed by atoms with Gasteiger partial charge >= 0.3 is 6.18 Å². The molecular weight excluding hydrogens is 349 g/mol. The molecule has 1 heterocycles. The number of nitrogen functional groups attached to an aromatic ring is 1. The van der Waals surface area contributed by atoms with Gasteiger partial charge in [0.25, 0.3) is 0 Å². The number of rotatable bonds is 3. The summed E-state index contributed by atoms with van der Waals surface area (Å²) in [6.45, 7) is 3.97. The van der Waals surface area contributed by atoms with Crippen LogP contribution < -0.4 is 5.73 Å². The lowest BCUT2D eigenvalue weighted by atomic mass is 9.99. The maximum absolute atomic E-state index is 12.8. The normalized spacial score (nSPS) is 12.1. The zero-order valence-corrected chi connectivity index (χ0v) is 13.0. The van der Waals surface area contributed by atoms with Gasteiger partial charge in [-0.1, -0.05) is 34.9 Å². The molecule has 0 radical (unpaired) electrons. The fourth-order valence-corrected chi connectivity index (χ4v) is 2.44. The molecule has 0 aliphatic carbocycles. The number of halogens is 4. The number of hydrogen-bond donors (Lipinski definition) is 1. The second kappa shape index (κ2) is 5.71. The van der Waals surface area contributed by atoms with E-state index < -0.39 is 11.7 Å². The third kappa shape index (κ3) is 3.40. The van der Waals surface area contributed by atoms with E-state index in [4.69, 9.17) is 10.3 Å². The van der Waals surface area contributed by atoms with Crippen molar-refractivity contribution in [2.24, 2.45) is 5.92 Å². The van der Waals surface area contributed by atoms with Gasteiger partial charge in [-0.05, 0) is 30.5 Å². The molecule has 7 heteroatoms. The first-order valence-corrected chi connectivity index (χ1v) is 7.10. The third-order valence-corrected chi connectivity index (χ3v) is 3.66. The summed E-state index contributed by atoms with van der Waals surface area (Å²) in [4.78, 5) is 0. The number of nitrogens with zero attached hydrogens (tertiary/aromatic N) is 1. The van der Waals surface area contributed by atoms with Crippen LogP contribution in [-0.4, -0.2) is 5.16 Å². The molecule has 0 fully saturated rings. The Hall–Kier alpha value is -1.50. The van der Waals surface area contributed by atoms with Gasteiger partial charge in [-0.15, -0.1) is 0 Å². The van der Waals surface area contributed by atoms with Gasteiger partial charge in [0.15, 0.2) is 11.6 Å². The fraction of sp³-hybridized carbons (Fsp3) is 0.357. The molecule has 2 rings (SSSR count). The van der Waals surface area contributed by atoms with E-state index in [2.05, 4.69) is 21.1 Å². The van der Waals surface area contributed by atoms with Crippen LogP contribution in [0, 0.1) is 5.92 Å². The lowest BCUT2D eigenvalue weighted by molar-refractivity contribution is -0.137. The lowest BCUT2D eigenvalue weighted by Crippen LogP contribution is -2.05. The topological polar surface area (TPSA) is 52.0 Å². The maximum atomic E-state index is 12.8. The van der Waals surface area contributed by atoms with E-state index in [0.717, 1.165) is 12.1 Å². The first kappa shape index (κ1) is 15.9. The van der Waals surface area contributed by atoms with Crippen LogP contribution in [0.4, 0.5) is 19.0 Å². The van der Waals surface area contributed by atoms with Crippen LogP contribution in [0.2, 0.25) is 0 Å². The first-order valence-electron chi connectivity index (χ1n) is 6.31. The van der Waals surface area contributed by atoms with Crippen LogP contribution in [0.25, 0.3) is 11.3 Å². The van der Waals surface area contributed by atoms with Gasteiger partial charge < -0.3 is 10.3 Å². The van der Waals surface area contributed by atoms with Crippen LogP contribution >= 0.6 is 15.9 Å². The summed E-state index contributed by atoms with van der Waals surface area (Å²) >= 11 is 3.25. The fourth-order valence-electron chi connectivity index (χ4n) is 2.01. The molecule has 0 saturated carbocycles. The van der Waals surface area contributed by atoms with Crippen molar-refractivity contribution in [3.63, 3.8) is 0 Å². The monoisotopic (exact) mass is 362 g/mol.